The van der Waals surface area contributed by atoms with E-state index in [0.717, 1.165) is 55.7 Å². The van der Waals surface area contributed by atoms with Crippen molar-refractivity contribution in [2.24, 2.45) is 5.92 Å². The lowest BCUT2D eigenvalue weighted by atomic mass is 10.0. The third-order valence-corrected chi connectivity index (χ3v) is 8.17. The molecule has 3 aliphatic heterocycles. The van der Waals surface area contributed by atoms with E-state index in [-0.39, 0.29) is 17.7 Å². The normalized spacial score (nSPS) is 19.7. The molecule has 1 aromatic carbocycles. The van der Waals surface area contributed by atoms with Gasteiger partial charge in [0.25, 0.3) is 17.7 Å². The van der Waals surface area contributed by atoms with E-state index < -0.39 is 0 Å². The summed E-state index contributed by atoms with van der Waals surface area (Å²) in [5.74, 6) is 1.05. The van der Waals surface area contributed by atoms with Gasteiger partial charge in [0.15, 0.2) is 5.58 Å². The molecule has 0 atom stereocenters. The van der Waals surface area contributed by atoms with Gasteiger partial charge in [-0.2, -0.15) is 0 Å². The summed E-state index contributed by atoms with van der Waals surface area (Å²) in [4.78, 5) is 35.1. The summed E-state index contributed by atoms with van der Waals surface area (Å²) in [7, 11) is 0. The van der Waals surface area contributed by atoms with Crippen LogP contribution in [0.3, 0.4) is 0 Å². The lowest BCUT2D eigenvalue weighted by molar-refractivity contribution is 0.0490. The lowest BCUT2D eigenvalue weighted by Gasteiger charge is -2.24. The van der Waals surface area contributed by atoms with Crippen molar-refractivity contribution in [3.8, 4) is 11.8 Å². The number of hydrogen-bond donors (Lipinski definition) is 1. The average Bonchev–Trinajstić information content (AvgIpc) is 3.49. The predicted octanol–water partition coefficient (Wildman–Crippen LogP) is 3.52. The van der Waals surface area contributed by atoms with Gasteiger partial charge in [0, 0.05) is 68.2 Å². The molecule has 0 spiro atoms. The molecule has 10 nitrogen and oxygen atoms in total. The highest BCUT2D eigenvalue weighted by atomic mass is 16.5. The molecule has 1 saturated carbocycles. The summed E-state index contributed by atoms with van der Waals surface area (Å²) < 4.78 is 16.6. The number of aromatic hydroxyl groups is 1. The molecule has 0 radical (unpaired) electrons. The van der Waals surface area contributed by atoms with Crippen molar-refractivity contribution < 1.29 is 28.7 Å². The Labute approximate surface area is 225 Å². The molecule has 39 heavy (non-hydrogen) atoms. The molecule has 1 N–H and O–H groups in total. The topological polar surface area (TPSA) is 118 Å². The Bertz CT molecular complexity index is 1470. The van der Waals surface area contributed by atoms with Gasteiger partial charge in [-0.3, -0.25) is 9.59 Å². The molecule has 3 aromatic rings. The van der Waals surface area contributed by atoms with E-state index in [9.17, 15) is 14.7 Å². The number of nitrogens with zero attached hydrogens (tertiary/aromatic N) is 4. The molecule has 0 unspecified atom stereocenters. The number of aromatic nitrogens is 2. The minimum absolute atomic E-state index is 0.0296. The first-order valence-electron chi connectivity index (χ1n) is 13.6. The number of hydrogen-bond acceptors (Lipinski definition) is 8. The van der Waals surface area contributed by atoms with E-state index >= 15 is 0 Å². The largest absolute Gasteiger partial charge is 0.491 e. The molecule has 2 fully saturated rings. The van der Waals surface area contributed by atoms with Gasteiger partial charge in [-0.25, -0.2) is 4.98 Å². The number of carbonyl (C=O) groups is 2. The van der Waals surface area contributed by atoms with Gasteiger partial charge in [0.05, 0.1) is 12.0 Å². The van der Waals surface area contributed by atoms with Crippen LogP contribution in [-0.2, 0) is 4.74 Å². The van der Waals surface area contributed by atoms with E-state index in [1.807, 2.05) is 11.0 Å². The van der Waals surface area contributed by atoms with Crippen LogP contribution >= 0.6 is 0 Å². The first-order valence-corrected chi connectivity index (χ1v) is 13.6. The number of fused-ring (bicyclic) bond motifs is 1. The molecular weight excluding hydrogens is 500 g/mol. The van der Waals surface area contributed by atoms with Gasteiger partial charge in [0.2, 0.25) is 5.88 Å². The lowest BCUT2D eigenvalue weighted by Crippen LogP contribution is -2.36. The first-order chi connectivity index (χ1) is 19.0. The van der Waals surface area contributed by atoms with Gasteiger partial charge in [0.1, 0.15) is 0 Å². The number of rotatable bonds is 6. The van der Waals surface area contributed by atoms with Crippen LogP contribution in [0.5, 0.6) is 11.8 Å². The molecule has 202 valence electrons. The highest BCUT2D eigenvalue weighted by Crippen LogP contribution is 2.40. The van der Waals surface area contributed by atoms with Crippen molar-refractivity contribution in [3.63, 3.8) is 0 Å². The monoisotopic (exact) mass is 530 g/mol. The van der Waals surface area contributed by atoms with E-state index in [1.165, 1.54) is 0 Å². The summed E-state index contributed by atoms with van der Waals surface area (Å²) >= 11 is 0. The number of amides is 2. The second kappa shape index (κ2) is 9.68. The summed E-state index contributed by atoms with van der Waals surface area (Å²) in [6.07, 6.45) is 4.16. The highest BCUT2D eigenvalue weighted by Gasteiger charge is 2.35. The zero-order valence-electron chi connectivity index (χ0n) is 21.6. The SMILES string of the molecule is O=C(c1cc(OCC2CCOCC2)nc(C2CC2)c1)N1CC2=C(C1)CN(C(=O)c1ccc3c(O)noc3c1)C2. The summed E-state index contributed by atoms with van der Waals surface area (Å²) in [6, 6.07) is 8.62. The van der Waals surface area contributed by atoms with E-state index in [1.54, 1.807) is 29.2 Å². The van der Waals surface area contributed by atoms with Gasteiger partial charge in [-0.15, -0.1) is 0 Å². The van der Waals surface area contributed by atoms with Crippen molar-refractivity contribution in [3.05, 3.63) is 58.3 Å². The third kappa shape index (κ3) is 4.73. The molecule has 4 aliphatic rings. The van der Waals surface area contributed by atoms with Crippen molar-refractivity contribution >= 4 is 22.8 Å². The molecule has 2 amide bonds. The maximum atomic E-state index is 13.6. The molecule has 10 heteroatoms. The zero-order valence-corrected chi connectivity index (χ0v) is 21.6. The van der Waals surface area contributed by atoms with Crippen LogP contribution in [0.25, 0.3) is 11.0 Å². The number of benzene rings is 1. The number of ether oxygens (including phenoxy) is 2. The Morgan fingerprint density at radius 1 is 0.923 bits per heavy atom. The molecular formula is C29H30N4O6. The van der Waals surface area contributed by atoms with Gasteiger partial charge < -0.3 is 28.9 Å². The predicted molar refractivity (Wildman–Crippen MR) is 140 cm³/mol. The van der Waals surface area contributed by atoms with Gasteiger partial charge in [-0.1, -0.05) is 0 Å². The van der Waals surface area contributed by atoms with Crippen LogP contribution in [0.4, 0.5) is 0 Å². The molecule has 5 heterocycles. The Hall–Kier alpha value is -3.92. The fourth-order valence-corrected chi connectivity index (χ4v) is 5.72. The van der Waals surface area contributed by atoms with E-state index in [0.29, 0.717) is 72.6 Å². The zero-order chi connectivity index (χ0) is 26.5. The standard InChI is InChI=1S/C29H30N4O6/c34-27-23-4-3-19(10-25(23)39-31-27)28(35)32-12-21-14-33(15-22(21)13-32)29(36)20-9-24(18-1-2-18)30-26(11-20)38-16-17-5-7-37-8-6-17/h3-4,9-11,17-18H,1-2,5-8,12-16H2,(H,31,34). The second-order valence-corrected chi connectivity index (χ2v) is 11.0. The van der Waals surface area contributed by atoms with Crippen LogP contribution in [-0.4, -0.2) is 82.9 Å². The first kappa shape index (κ1) is 24.1. The summed E-state index contributed by atoms with van der Waals surface area (Å²) in [6.45, 7) is 4.11. The molecule has 2 aromatic heterocycles. The second-order valence-electron chi connectivity index (χ2n) is 11.0. The fourth-order valence-electron chi connectivity index (χ4n) is 5.72. The quantitative estimate of drug-likeness (QED) is 0.481. The van der Waals surface area contributed by atoms with Gasteiger partial charge >= 0.3 is 0 Å². The van der Waals surface area contributed by atoms with E-state index in [2.05, 4.69) is 5.16 Å². The maximum absolute atomic E-state index is 13.6. The average molecular weight is 531 g/mol. The molecule has 0 bridgehead atoms. The summed E-state index contributed by atoms with van der Waals surface area (Å²) in [5, 5.41) is 13.7. The fraction of sp³-hybridized carbons (Fsp3) is 0.448. The maximum Gasteiger partial charge on any atom is 0.259 e. The minimum Gasteiger partial charge on any atom is -0.491 e. The Kier molecular flexibility index (Phi) is 5.99. The summed E-state index contributed by atoms with van der Waals surface area (Å²) in [5.41, 5.74) is 4.63. The van der Waals surface area contributed by atoms with Crippen LogP contribution in [0.1, 0.15) is 58.0 Å². The van der Waals surface area contributed by atoms with Crippen LogP contribution < -0.4 is 4.74 Å². The Balaban J connectivity index is 1.01. The Morgan fingerprint density at radius 3 is 2.31 bits per heavy atom. The van der Waals surface area contributed by atoms with Crippen LogP contribution in [0, 0.1) is 5.92 Å². The third-order valence-electron chi connectivity index (χ3n) is 8.17. The minimum atomic E-state index is -0.188. The Morgan fingerprint density at radius 2 is 1.62 bits per heavy atom. The molecule has 1 saturated heterocycles. The number of carbonyl (C=O) groups excluding carboxylic acids is 2. The van der Waals surface area contributed by atoms with Crippen molar-refractivity contribution in [2.75, 3.05) is 46.0 Å². The molecule has 7 rings (SSSR count). The van der Waals surface area contributed by atoms with Crippen molar-refractivity contribution in [2.45, 2.75) is 31.6 Å². The number of pyridine rings is 1. The van der Waals surface area contributed by atoms with Crippen LogP contribution in [0.15, 0.2) is 46.0 Å². The van der Waals surface area contributed by atoms with E-state index in [4.69, 9.17) is 19.0 Å². The highest BCUT2D eigenvalue weighted by molar-refractivity contribution is 5.99. The smallest absolute Gasteiger partial charge is 0.259 e. The van der Waals surface area contributed by atoms with Crippen LogP contribution in [0.2, 0.25) is 0 Å². The molecule has 1 aliphatic carbocycles. The van der Waals surface area contributed by atoms with Crippen molar-refractivity contribution in [1.29, 1.82) is 0 Å². The van der Waals surface area contributed by atoms with Crippen molar-refractivity contribution in [1.82, 2.24) is 19.9 Å². The van der Waals surface area contributed by atoms with Gasteiger partial charge in [-0.05, 0) is 72.2 Å².